The molecule has 1 unspecified atom stereocenters. The standard InChI is InChI=1S/C16H17FN2O/c1-2-15(11-6-4-3-5-7-11)19-16(20)13-9-8-12(17)10-14(13)18/h3-10,15H,2,18H2,1H3,(H,19,20). The van der Waals surface area contributed by atoms with E-state index in [9.17, 15) is 9.18 Å². The van der Waals surface area contributed by atoms with E-state index in [1.807, 2.05) is 37.3 Å². The highest BCUT2D eigenvalue weighted by molar-refractivity contribution is 5.99. The van der Waals surface area contributed by atoms with Gasteiger partial charge in [-0.3, -0.25) is 4.79 Å². The predicted molar refractivity (Wildman–Crippen MR) is 77.8 cm³/mol. The summed E-state index contributed by atoms with van der Waals surface area (Å²) in [7, 11) is 0. The molecule has 3 nitrogen and oxygen atoms in total. The summed E-state index contributed by atoms with van der Waals surface area (Å²) in [6.45, 7) is 1.99. The molecule has 0 bridgehead atoms. The molecule has 2 rings (SSSR count). The summed E-state index contributed by atoms with van der Waals surface area (Å²) in [4.78, 5) is 12.2. The first kappa shape index (κ1) is 14.1. The Morgan fingerprint density at radius 2 is 1.95 bits per heavy atom. The molecule has 3 N–H and O–H groups in total. The molecule has 0 aliphatic heterocycles. The van der Waals surface area contributed by atoms with Crippen LogP contribution in [0.5, 0.6) is 0 Å². The summed E-state index contributed by atoms with van der Waals surface area (Å²) >= 11 is 0. The van der Waals surface area contributed by atoms with Crippen LogP contribution in [-0.4, -0.2) is 5.91 Å². The van der Waals surface area contributed by atoms with E-state index in [0.717, 1.165) is 18.1 Å². The number of halogens is 1. The van der Waals surface area contributed by atoms with Gasteiger partial charge in [0.15, 0.2) is 0 Å². The molecule has 104 valence electrons. The Labute approximate surface area is 117 Å². The van der Waals surface area contributed by atoms with Gasteiger partial charge < -0.3 is 11.1 Å². The lowest BCUT2D eigenvalue weighted by Gasteiger charge is -2.18. The molecule has 0 spiro atoms. The van der Waals surface area contributed by atoms with Gasteiger partial charge in [-0.05, 0) is 30.2 Å². The number of hydrogen-bond donors (Lipinski definition) is 2. The first-order valence-electron chi connectivity index (χ1n) is 6.52. The lowest BCUT2D eigenvalue weighted by Crippen LogP contribution is -2.28. The highest BCUT2D eigenvalue weighted by atomic mass is 19.1. The molecule has 20 heavy (non-hydrogen) atoms. The maximum atomic E-state index is 13.0. The summed E-state index contributed by atoms with van der Waals surface area (Å²) in [6.07, 6.45) is 0.761. The summed E-state index contributed by atoms with van der Waals surface area (Å²) in [5.74, 6) is -0.743. The topological polar surface area (TPSA) is 55.1 Å². The van der Waals surface area contributed by atoms with E-state index >= 15 is 0 Å². The lowest BCUT2D eigenvalue weighted by molar-refractivity contribution is 0.0936. The van der Waals surface area contributed by atoms with E-state index in [-0.39, 0.29) is 17.6 Å². The first-order chi connectivity index (χ1) is 9.61. The predicted octanol–water partition coefficient (Wildman–Crippen LogP) is 3.29. The fraction of sp³-hybridized carbons (Fsp3) is 0.188. The molecule has 2 aromatic carbocycles. The van der Waals surface area contributed by atoms with Crippen molar-refractivity contribution in [3.8, 4) is 0 Å². The number of nitrogens with one attached hydrogen (secondary N) is 1. The van der Waals surface area contributed by atoms with E-state index in [0.29, 0.717) is 5.56 Å². The van der Waals surface area contributed by atoms with Crippen LogP contribution in [0.4, 0.5) is 10.1 Å². The monoisotopic (exact) mass is 272 g/mol. The van der Waals surface area contributed by atoms with Crippen LogP contribution in [0.1, 0.15) is 35.3 Å². The summed E-state index contributed by atoms with van der Waals surface area (Å²) < 4.78 is 13.0. The van der Waals surface area contributed by atoms with Crippen molar-refractivity contribution in [2.75, 3.05) is 5.73 Å². The number of carbonyl (C=O) groups excluding carboxylic acids is 1. The Hall–Kier alpha value is -2.36. The summed E-state index contributed by atoms with van der Waals surface area (Å²) in [5.41, 5.74) is 7.15. The van der Waals surface area contributed by atoms with Gasteiger partial charge in [0, 0.05) is 5.69 Å². The van der Waals surface area contributed by atoms with Gasteiger partial charge in [-0.25, -0.2) is 4.39 Å². The van der Waals surface area contributed by atoms with Crippen molar-refractivity contribution in [3.05, 3.63) is 65.5 Å². The second kappa shape index (κ2) is 6.19. The zero-order valence-corrected chi connectivity index (χ0v) is 11.3. The lowest BCUT2D eigenvalue weighted by atomic mass is 10.0. The fourth-order valence-corrected chi connectivity index (χ4v) is 2.08. The van der Waals surface area contributed by atoms with Crippen LogP contribution in [0.2, 0.25) is 0 Å². The molecule has 0 fully saturated rings. The first-order valence-corrected chi connectivity index (χ1v) is 6.52. The van der Waals surface area contributed by atoms with Crippen molar-refractivity contribution in [2.45, 2.75) is 19.4 Å². The van der Waals surface area contributed by atoms with Crippen LogP contribution in [0, 0.1) is 5.82 Å². The number of nitrogen functional groups attached to an aromatic ring is 1. The average Bonchev–Trinajstić information content (AvgIpc) is 2.45. The van der Waals surface area contributed by atoms with Crippen molar-refractivity contribution in [2.24, 2.45) is 0 Å². The summed E-state index contributed by atoms with van der Waals surface area (Å²) in [6, 6.07) is 13.4. The van der Waals surface area contributed by atoms with Crippen molar-refractivity contribution in [3.63, 3.8) is 0 Å². The molecule has 0 aliphatic carbocycles. The van der Waals surface area contributed by atoms with Crippen LogP contribution >= 0.6 is 0 Å². The van der Waals surface area contributed by atoms with Gasteiger partial charge in [-0.1, -0.05) is 37.3 Å². The molecule has 0 aromatic heterocycles. The second-order valence-electron chi connectivity index (χ2n) is 4.58. The molecule has 1 amide bonds. The number of rotatable bonds is 4. The Balaban J connectivity index is 2.17. The van der Waals surface area contributed by atoms with Crippen molar-refractivity contribution < 1.29 is 9.18 Å². The van der Waals surface area contributed by atoms with Gasteiger partial charge >= 0.3 is 0 Å². The van der Waals surface area contributed by atoms with Crippen LogP contribution < -0.4 is 11.1 Å². The Kier molecular flexibility index (Phi) is 4.35. The average molecular weight is 272 g/mol. The third kappa shape index (κ3) is 3.15. The molecule has 0 heterocycles. The third-order valence-electron chi connectivity index (χ3n) is 3.17. The smallest absolute Gasteiger partial charge is 0.253 e. The maximum absolute atomic E-state index is 13.0. The molecule has 0 aliphatic rings. The second-order valence-corrected chi connectivity index (χ2v) is 4.58. The molecule has 4 heteroatoms. The van der Waals surface area contributed by atoms with Gasteiger partial charge in [-0.15, -0.1) is 0 Å². The molecule has 0 saturated carbocycles. The molecule has 0 radical (unpaired) electrons. The van der Waals surface area contributed by atoms with Crippen molar-refractivity contribution >= 4 is 11.6 Å². The van der Waals surface area contributed by atoms with E-state index in [4.69, 9.17) is 5.73 Å². The van der Waals surface area contributed by atoms with Gasteiger partial charge in [0.25, 0.3) is 5.91 Å². The van der Waals surface area contributed by atoms with Crippen LogP contribution in [0.15, 0.2) is 48.5 Å². The van der Waals surface area contributed by atoms with Crippen LogP contribution in [0.3, 0.4) is 0 Å². The zero-order valence-electron chi connectivity index (χ0n) is 11.3. The van der Waals surface area contributed by atoms with Crippen molar-refractivity contribution in [1.29, 1.82) is 0 Å². The third-order valence-corrected chi connectivity index (χ3v) is 3.17. The molecular formula is C16H17FN2O. The minimum absolute atomic E-state index is 0.0897. The minimum Gasteiger partial charge on any atom is -0.398 e. The number of carbonyl (C=O) groups is 1. The largest absolute Gasteiger partial charge is 0.398 e. The molecule has 0 saturated heterocycles. The molecule has 2 aromatic rings. The zero-order chi connectivity index (χ0) is 14.5. The van der Waals surface area contributed by atoms with Gasteiger partial charge in [0.05, 0.1) is 11.6 Å². The van der Waals surface area contributed by atoms with Gasteiger partial charge in [0.1, 0.15) is 5.82 Å². The minimum atomic E-state index is -0.450. The number of benzene rings is 2. The van der Waals surface area contributed by atoms with Gasteiger partial charge in [-0.2, -0.15) is 0 Å². The van der Waals surface area contributed by atoms with E-state index in [1.165, 1.54) is 12.1 Å². The highest BCUT2D eigenvalue weighted by Crippen LogP contribution is 2.19. The fourth-order valence-electron chi connectivity index (χ4n) is 2.08. The number of amides is 1. The molecule has 1 atom stereocenters. The number of anilines is 1. The van der Waals surface area contributed by atoms with Gasteiger partial charge in [0.2, 0.25) is 0 Å². The normalized spacial score (nSPS) is 11.9. The maximum Gasteiger partial charge on any atom is 0.253 e. The SMILES string of the molecule is CCC(NC(=O)c1ccc(F)cc1N)c1ccccc1. The number of nitrogens with two attached hydrogens (primary N) is 1. The van der Waals surface area contributed by atoms with E-state index in [2.05, 4.69) is 5.32 Å². The van der Waals surface area contributed by atoms with E-state index < -0.39 is 5.82 Å². The Bertz CT molecular complexity index is 599. The summed E-state index contributed by atoms with van der Waals surface area (Å²) in [5, 5.41) is 2.92. The van der Waals surface area contributed by atoms with Crippen LogP contribution in [-0.2, 0) is 0 Å². The quantitative estimate of drug-likeness (QED) is 0.839. The Morgan fingerprint density at radius 1 is 1.25 bits per heavy atom. The number of hydrogen-bond acceptors (Lipinski definition) is 2. The highest BCUT2D eigenvalue weighted by Gasteiger charge is 2.16. The molecular weight excluding hydrogens is 255 g/mol. The Morgan fingerprint density at radius 3 is 2.55 bits per heavy atom. The van der Waals surface area contributed by atoms with Crippen molar-refractivity contribution in [1.82, 2.24) is 5.32 Å². The van der Waals surface area contributed by atoms with Crippen LogP contribution in [0.25, 0.3) is 0 Å². The van der Waals surface area contributed by atoms with E-state index in [1.54, 1.807) is 0 Å².